The van der Waals surface area contributed by atoms with Crippen molar-refractivity contribution >= 4 is 11.0 Å². The fourth-order valence-corrected chi connectivity index (χ4v) is 3.45. The average Bonchev–Trinajstić information content (AvgIpc) is 3.15. The molecule has 24 heavy (non-hydrogen) atoms. The van der Waals surface area contributed by atoms with Gasteiger partial charge in [0, 0.05) is 13.1 Å². The van der Waals surface area contributed by atoms with Crippen LogP contribution in [0, 0.1) is 5.82 Å². The van der Waals surface area contributed by atoms with Gasteiger partial charge in [-0.3, -0.25) is 14.4 Å². The van der Waals surface area contributed by atoms with Gasteiger partial charge >= 0.3 is 0 Å². The molecule has 1 aliphatic rings. The van der Waals surface area contributed by atoms with Crippen molar-refractivity contribution in [1.82, 2.24) is 24.6 Å². The molecule has 1 aliphatic heterocycles. The Morgan fingerprint density at radius 3 is 3.12 bits per heavy atom. The molecule has 1 atom stereocenters. The summed E-state index contributed by atoms with van der Waals surface area (Å²) in [6.45, 7) is 1.42. The largest absolute Gasteiger partial charge is 0.309 e. The molecule has 0 spiro atoms. The molecule has 0 unspecified atom stereocenters. The quantitative estimate of drug-likeness (QED) is 0.800. The van der Waals surface area contributed by atoms with Gasteiger partial charge in [0.2, 0.25) is 0 Å². The maximum absolute atomic E-state index is 13.5. The van der Waals surface area contributed by atoms with Crippen molar-refractivity contribution in [3.63, 3.8) is 0 Å². The molecule has 3 heterocycles. The van der Waals surface area contributed by atoms with Crippen molar-refractivity contribution in [2.45, 2.75) is 25.4 Å². The molecule has 3 aromatic rings. The Hall–Kier alpha value is -2.54. The van der Waals surface area contributed by atoms with Gasteiger partial charge in [-0.2, -0.15) is 5.10 Å². The van der Waals surface area contributed by atoms with E-state index in [2.05, 4.69) is 20.0 Å². The van der Waals surface area contributed by atoms with E-state index in [1.54, 1.807) is 23.9 Å². The van der Waals surface area contributed by atoms with Gasteiger partial charge in [-0.15, -0.1) is 0 Å². The molecule has 6 nitrogen and oxygen atoms in total. The van der Waals surface area contributed by atoms with E-state index in [1.165, 1.54) is 12.3 Å². The highest BCUT2D eigenvalue weighted by atomic mass is 19.1. The second-order valence-electron chi connectivity index (χ2n) is 6.20. The van der Waals surface area contributed by atoms with Gasteiger partial charge in [0.15, 0.2) is 5.65 Å². The molecule has 124 valence electrons. The Morgan fingerprint density at radius 2 is 2.29 bits per heavy atom. The van der Waals surface area contributed by atoms with Crippen molar-refractivity contribution < 1.29 is 4.39 Å². The lowest BCUT2D eigenvalue weighted by Crippen LogP contribution is -2.25. The van der Waals surface area contributed by atoms with Crippen LogP contribution in [0.5, 0.6) is 0 Å². The van der Waals surface area contributed by atoms with E-state index in [1.807, 2.05) is 6.07 Å². The van der Waals surface area contributed by atoms with E-state index in [0.29, 0.717) is 23.4 Å². The number of benzene rings is 1. The number of hydrogen-bond acceptors (Lipinski definition) is 4. The Bertz CT molecular complexity index is 948. The van der Waals surface area contributed by atoms with Gasteiger partial charge in [0.25, 0.3) is 5.56 Å². The second kappa shape index (κ2) is 5.83. The molecule has 4 rings (SSSR count). The molecule has 1 fully saturated rings. The molecule has 1 N–H and O–H groups in total. The number of likely N-dealkylation sites (tertiary alicyclic amines) is 1. The molecule has 2 aromatic heterocycles. The summed E-state index contributed by atoms with van der Waals surface area (Å²) >= 11 is 0. The van der Waals surface area contributed by atoms with Gasteiger partial charge in [-0.25, -0.2) is 9.37 Å². The lowest BCUT2D eigenvalue weighted by Gasteiger charge is -2.24. The third-order valence-corrected chi connectivity index (χ3v) is 4.60. The van der Waals surface area contributed by atoms with E-state index in [0.717, 1.165) is 24.9 Å². The molecule has 0 aliphatic carbocycles. The summed E-state index contributed by atoms with van der Waals surface area (Å²) in [5.41, 5.74) is 1.37. The summed E-state index contributed by atoms with van der Waals surface area (Å²) in [5.74, 6) is 0.390. The zero-order chi connectivity index (χ0) is 16.7. The van der Waals surface area contributed by atoms with Gasteiger partial charge in [0.05, 0.1) is 12.7 Å². The number of aryl methyl sites for hydroxylation is 1. The Balaban J connectivity index is 1.64. The number of aromatic nitrogens is 4. The van der Waals surface area contributed by atoms with E-state index in [4.69, 9.17) is 0 Å². The van der Waals surface area contributed by atoms with Crippen LogP contribution in [0.15, 0.2) is 35.3 Å². The maximum Gasteiger partial charge on any atom is 0.262 e. The number of halogens is 1. The summed E-state index contributed by atoms with van der Waals surface area (Å²) in [6.07, 6.45) is 3.54. The van der Waals surface area contributed by atoms with Crippen molar-refractivity contribution in [3.05, 3.63) is 58.0 Å². The number of fused-ring (bicyclic) bond motifs is 1. The lowest BCUT2D eigenvalue weighted by molar-refractivity contribution is 0.242. The van der Waals surface area contributed by atoms with Crippen molar-refractivity contribution in [2.75, 3.05) is 6.54 Å². The van der Waals surface area contributed by atoms with Gasteiger partial charge < -0.3 is 4.98 Å². The molecular weight excluding hydrogens is 309 g/mol. The summed E-state index contributed by atoms with van der Waals surface area (Å²) in [6, 6.07) is 6.88. The standard InChI is InChI=1S/C17H18FN5O/c1-22-16-13(9-19-22)17(24)21-15(20-16)10-23-7-3-6-14(23)11-4-2-5-12(18)8-11/h2,4-5,8-9,14H,3,6-7,10H2,1H3,(H,20,21,24)/t14-/m1/s1. The highest BCUT2D eigenvalue weighted by Gasteiger charge is 2.27. The number of nitrogens with zero attached hydrogens (tertiary/aromatic N) is 4. The van der Waals surface area contributed by atoms with Crippen LogP contribution in [0.25, 0.3) is 11.0 Å². The maximum atomic E-state index is 13.5. The number of nitrogens with one attached hydrogen (secondary N) is 1. The summed E-state index contributed by atoms with van der Waals surface area (Å²) < 4.78 is 15.1. The normalized spacial score (nSPS) is 18.5. The third-order valence-electron chi connectivity index (χ3n) is 4.60. The first kappa shape index (κ1) is 15.0. The molecule has 0 amide bonds. The first-order chi connectivity index (χ1) is 11.6. The smallest absolute Gasteiger partial charge is 0.262 e. The summed E-state index contributed by atoms with van der Waals surface area (Å²) in [4.78, 5) is 21.8. The fraction of sp³-hybridized carbons (Fsp3) is 0.353. The number of rotatable bonds is 3. The average molecular weight is 327 g/mol. The van der Waals surface area contributed by atoms with Gasteiger partial charge in [0.1, 0.15) is 17.0 Å². The van der Waals surface area contributed by atoms with Crippen LogP contribution < -0.4 is 5.56 Å². The van der Waals surface area contributed by atoms with E-state index >= 15 is 0 Å². The Morgan fingerprint density at radius 1 is 1.42 bits per heavy atom. The van der Waals surface area contributed by atoms with Gasteiger partial charge in [-0.05, 0) is 37.1 Å². The molecule has 1 aromatic carbocycles. The van der Waals surface area contributed by atoms with Crippen LogP contribution in [0.1, 0.15) is 30.3 Å². The minimum atomic E-state index is -0.220. The van der Waals surface area contributed by atoms with E-state index in [9.17, 15) is 9.18 Å². The Labute approximate surface area is 137 Å². The lowest BCUT2D eigenvalue weighted by atomic mass is 10.0. The molecular formula is C17H18FN5O. The SMILES string of the molecule is Cn1ncc2c(=O)[nH]c(CN3CCC[C@@H]3c3cccc(F)c3)nc21. The van der Waals surface area contributed by atoms with Crippen LogP contribution >= 0.6 is 0 Å². The van der Waals surface area contributed by atoms with Crippen LogP contribution in [-0.2, 0) is 13.6 Å². The summed E-state index contributed by atoms with van der Waals surface area (Å²) in [5, 5.41) is 4.57. The molecule has 1 saturated heterocycles. The van der Waals surface area contributed by atoms with E-state index < -0.39 is 0 Å². The topological polar surface area (TPSA) is 66.8 Å². The van der Waals surface area contributed by atoms with E-state index in [-0.39, 0.29) is 17.4 Å². The van der Waals surface area contributed by atoms with Crippen molar-refractivity contribution in [1.29, 1.82) is 0 Å². The minimum Gasteiger partial charge on any atom is -0.309 e. The van der Waals surface area contributed by atoms with Crippen LogP contribution in [0.4, 0.5) is 4.39 Å². The molecule has 0 bridgehead atoms. The predicted octanol–water partition coefficient (Wildman–Crippen LogP) is 2.13. The van der Waals surface area contributed by atoms with Crippen LogP contribution in [0.2, 0.25) is 0 Å². The van der Waals surface area contributed by atoms with Crippen LogP contribution in [0.3, 0.4) is 0 Å². The van der Waals surface area contributed by atoms with Crippen LogP contribution in [-0.4, -0.2) is 31.2 Å². The first-order valence-electron chi connectivity index (χ1n) is 8.02. The second-order valence-corrected chi connectivity index (χ2v) is 6.20. The zero-order valence-electron chi connectivity index (χ0n) is 13.4. The van der Waals surface area contributed by atoms with Crippen molar-refractivity contribution in [3.8, 4) is 0 Å². The van der Waals surface area contributed by atoms with Gasteiger partial charge in [-0.1, -0.05) is 12.1 Å². The fourth-order valence-electron chi connectivity index (χ4n) is 3.45. The third kappa shape index (κ3) is 2.60. The highest BCUT2D eigenvalue weighted by Crippen LogP contribution is 2.32. The monoisotopic (exact) mass is 327 g/mol. The Kier molecular flexibility index (Phi) is 3.65. The highest BCUT2D eigenvalue weighted by molar-refractivity contribution is 5.72. The van der Waals surface area contributed by atoms with Crippen molar-refractivity contribution in [2.24, 2.45) is 7.05 Å². The summed E-state index contributed by atoms with van der Waals surface area (Å²) in [7, 11) is 1.77. The molecule has 7 heteroatoms. The number of hydrogen-bond donors (Lipinski definition) is 1. The molecule has 0 saturated carbocycles. The zero-order valence-corrected chi connectivity index (χ0v) is 13.4. The predicted molar refractivity (Wildman–Crippen MR) is 87.9 cm³/mol. The number of H-pyrrole nitrogens is 1. The minimum absolute atomic E-state index is 0.147. The molecule has 0 radical (unpaired) electrons. The first-order valence-corrected chi connectivity index (χ1v) is 8.02. The number of aromatic amines is 1.